The molecule has 0 aliphatic heterocycles. The Kier molecular flexibility index (Phi) is 3.96. The molecule has 4 heteroatoms. The van der Waals surface area contributed by atoms with Crippen molar-refractivity contribution >= 4 is 23.2 Å². The monoisotopic (exact) mass is 230 g/mol. The SMILES string of the molecule is C=C(C)C(NN)c1cccc(Cl)c1Cl. The van der Waals surface area contributed by atoms with Crippen LogP contribution in [0.3, 0.4) is 0 Å². The molecule has 0 fully saturated rings. The number of benzene rings is 1. The average molecular weight is 231 g/mol. The van der Waals surface area contributed by atoms with Gasteiger partial charge in [-0.05, 0) is 18.6 Å². The summed E-state index contributed by atoms with van der Waals surface area (Å²) in [6.07, 6.45) is 0. The van der Waals surface area contributed by atoms with E-state index in [9.17, 15) is 0 Å². The highest BCUT2D eigenvalue weighted by molar-refractivity contribution is 6.42. The minimum Gasteiger partial charge on any atom is -0.271 e. The van der Waals surface area contributed by atoms with Crippen molar-refractivity contribution in [3.63, 3.8) is 0 Å². The number of halogens is 2. The summed E-state index contributed by atoms with van der Waals surface area (Å²) < 4.78 is 0. The Morgan fingerprint density at radius 2 is 2.14 bits per heavy atom. The maximum Gasteiger partial charge on any atom is 0.0679 e. The molecule has 1 aromatic carbocycles. The second kappa shape index (κ2) is 4.80. The van der Waals surface area contributed by atoms with E-state index >= 15 is 0 Å². The Balaban J connectivity index is 3.16. The molecule has 1 rings (SSSR count). The Bertz CT molecular complexity index is 350. The summed E-state index contributed by atoms with van der Waals surface area (Å²) in [5.74, 6) is 5.41. The van der Waals surface area contributed by atoms with Gasteiger partial charge in [0.1, 0.15) is 0 Å². The van der Waals surface area contributed by atoms with Crippen molar-refractivity contribution in [3.05, 3.63) is 46.0 Å². The molecular formula is C10H12Cl2N2. The van der Waals surface area contributed by atoms with Crippen molar-refractivity contribution < 1.29 is 0 Å². The number of nitrogens with two attached hydrogens (primary N) is 1. The fraction of sp³-hybridized carbons (Fsp3) is 0.200. The first kappa shape index (κ1) is 11.5. The van der Waals surface area contributed by atoms with Crippen LogP contribution in [0, 0.1) is 0 Å². The van der Waals surface area contributed by atoms with E-state index in [1.807, 2.05) is 19.1 Å². The third-order valence-electron chi connectivity index (χ3n) is 1.95. The Hall–Kier alpha value is -0.540. The standard InChI is InChI=1S/C10H12Cl2N2/c1-6(2)10(14-13)7-4-3-5-8(11)9(7)12/h3-5,10,14H,1,13H2,2H3. The van der Waals surface area contributed by atoms with E-state index in [-0.39, 0.29) is 6.04 Å². The number of rotatable bonds is 3. The molecule has 0 amide bonds. The molecule has 0 aliphatic rings. The molecule has 0 radical (unpaired) electrons. The summed E-state index contributed by atoms with van der Waals surface area (Å²) >= 11 is 11.9. The van der Waals surface area contributed by atoms with Crippen molar-refractivity contribution in [2.24, 2.45) is 5.84 Å². The van der Waals surface area contributed by atoms with Gasteiger partial charge in [0.2, 0.25) is 0 Å². The summed E-state index contributed by atoms with van der Waals surface area (Å²) in [7, 11) is 0. The highest BCUT2D eigenvalue weighted by atomic mass is 35.5. The van der Waals surface area contributed by atoms with E-state index < -0.39 is 0 Å². The number of hydrazine groups is 1. The Labute approximate surface area is 93.7 Å². The van der Waals surface area contributed by atoms with E-state index in [1.165, 1.54) is 0 Å². The molecule has 0 saturated carbocycles. The summed E-state index contributed by atoms with van der Waals surface area (Å²) in [5.41, 5.74) is 4.37. The topological polar surface area (TPSA) is 38.0 Å². The van der Waals surface area contributed by atoms with E-state index in [1.54, 1.807) is 6.07 Å². The molecule has 0 spiro atoms. The van der Waals surface area contributed by atoms with Gasteiger partial charge in [0.15, 0.2) is 0 Å². The summed E-state index contributed by atoms with van der Waals surface area (Å²) in [6.45, 7) is 5.71. The second-order valence-electron chi connectivity index (χ2n) is 3.09. The summed E-state index contributed by atoms with van der Waals surface area (Å²) in [6, 6.07) is 5.27. The maximum atomic E-state index is 6.04. The van der Waals surface area contributed by atoms with Gasteiger partial charge in [0, 0.05) is 0 Å². The van der Waals surface area contributed by atoms with Crippen LogP contribution in [0.2, 0.25) is 10.0 Å². The van der Waals surface area contributed by atoms with Gasteiger partial charge in [0.05, 0.1) is 16.1 Å². The largest absolute Gasteiger partial charge is 0.271 e. The van der Waals surface area contributed by atoms with Gasteiger partial charge in [-0.25, -0.2) is 5.43 Å². The zero-order chi connectivity index (χ0) is 10.7. The lowest BCUT2D eigenvalue weighted by atomic mass is 10.0. The smallest absolute Gasteiger partial charge is 0.0679 e. The highest BCUT2D eigenvalue weighted by Crippen LogP contribution is 2.31. The molecule has 1 atom stereocenters. The zero-order valence-electron chi connectivity index (χ0n) is 7.85. The van der Waals surface area contributed by atoms with E-state index in [2.05, 4.69) is 12.0 Å². The number of nitrogens with one attached hydrogen (secondary N) is 1. The third-order valence-corrected chi connectivity index (χ3v) is 2.79. The van der Waals surface area contributed by atoms with E-state index in [0.717, 1.165) is 11.1 Å². The zero-order valence-corrected chi connectivity index (χ0v) is 9.36. The molecule has 76 valence electrons. The van der Waals surface area contributed by atoms with Crippen LogP contribution in [0.4, 0.5) is 0 Å². The molecule has 2 nitrogen and oxygen atoms in total. The molecule has 1 aromatic rings. The van der Waals surface area contributed by atoms with Crippen LogP contribution in [-0.2, 0) is 0 Å². The Morgan fingerprint density at radius 3 is 2.64 bits per heavy atom. The predicted octanol–water partition coefficient (Wildman–Crippen LogP) is 3.07. The first-order chi connectivity index (χ1) is 6.57. The normalized spacial score (nSPS) is 12.6. The summed E-state index contributed by atoms with van der Waals surface area (Å²) in [5, 5.41) is 1.03. The molecule has 14 heavy (non-hydrogen) atoms. The first-order valence-electron chi connectivity index (χ1n) is 4.13. The van der Waals surface area contributed by atoms with Crippen LogP contribution in [-0.4, -0.2) is 0 Å². The molecule has 0 bridgehead atoms. The quantitative estimate of drug-likeness (QED) is 0.476. The van der Waals surface area contributed by atoms with E-state index in [4.69, 9.17) is 29.0 Å². The van der Waals surface area contributed by atoms with Crippen LogP contribution < -0.4 is 11.3 Å². The van der Waals surface area contributed by atoms with Gasteiger partial charge in [-0.3, -0.25) is 5.84 Å². The molecule has 0 aliphatic carbocycles. The summed E-state index contributed by atoms with van der Waals surface area (Å²) in [4.78, 5) is 0. The van der Waals surface area contributed by atoms with Gasteiger partial charge in [-0.2, -0.15) is 0 Å². The lowest BCUT2D eigenvalue weighted by Gasteiger charge is -2.18. The van der Waals surface area contributed by atoms with Crippen molar-refractivity contribution in [1.82, 2.24) is 5.43 Å². The van der Waals surface area contributed by atoms with Crippen molar-refractivity contribution in [2.45, 2.75) is 13.0 Å². The highest BCUT2D eigenvalue weighted by Gasteiger charge is 2.14. The number of hydrogen-bond donors (Lipinski definition) is 2. The minimum atomic E-state index is -0.166. The third kappa shape index (κ3) is 2.28. The minimum absolute atomic E-state index is 0.166. The molecule has 1 unspecified atom stereocenters. The Morgan fingerprint density at radius 1 is 1.50 bits per heavy atom. The second-order valence-corrected chi connectivity index (χ2v) is 3.87. The van der Waals surface area contributed by atoms with Crippen LogP contribution in [0.25, 0.3) is 0 Å². The van der Waals surface area contributed by atoms with Crippen LogP contribution >= 0.6 is 23.2 Å². The van der Waals surface area contributed by atoms with Gasteiger partial charge < -0.3 is 0 Å². The van der Waals surface area contributed by atoms with Gasteiger partial charge in [0.25, 0.3) is 0 Å². The molecule has 0 saturated heterocycles. The van der Waals surface area contributed by atoms with Crippen molar-refractivity contribution in [1.29, 1.82) is 0 Å². The van der Waals surface area contributed by atoms with Crippen LogP contribution in [0.5, 0.6) is 0 Å². The maximum absolute atomic E-state index is 6.04. The number of hydrogen-bond acceptors (Lipinski definition) is 2. The molecule has 0 heterocycles. The molecule has 0 aromatic heterocycles. The fourth-order valence-corrected chi connectivity index (χ4v) is 1.66. The lowest BCUT2D eigenvalue weighted by molar-refractivity contribution is 0.627. The van der Waals surface area contributed by atoms with Crippen molar-refractivity contribution in [2.75, 3.05) is 0 Å². The van der Waals surface area contributed by atoms with Gasteiger partial charge in [-0.15, -0.1) is 0 Å². The van der Waals surface area contributed by atoms with Gasteiger partial charge >= 0.3 is 0 Å². The average Bonchev–Trinajstić information content (AvgIpc) is 2.13. The lowest BCUT2D eigenvalue weighted by Crippen LogP contribution is -2.28. The predicted molar refractivity (Wildman–Crippen MR) is 61.3 cm³/mol. The first-order valence-corrected chi connectivity index (χ1v) is 4.89. The van der Waals surface area contributed by atoms with E-state index in [0.29, 0.717) is 10.0 Å². The van der Waals surface area contributed by atoms with Crippen LogP contribution in [0.1, 0.15) is 18.5 Å². The molecular weight excluding hydrogens is 219 g/mol. The van der Waals surface area contributed by atoms with Crippen molar-refractivity contribution in [3.8, 4) is 0 Å². The van der Waals surface area contributed by atoms with Gasteiger partial charge in [-0.1, -0.05) is 47.5 Å². The fourth-order valence-electron chi connectivity index (χ4n) is 1.24. The molecule has 3 N–H and O–H groups in total. The van der Waals surface area contributed by atoms with Crippen LogP contribution in [0.15, 0.2) is 30.4 Å².